The number of allylic oxidation sites excluding steroid dienone is 8. The van der Waals surface area contributed by atoms with Crippen molar-refractivity contribution in [3.63, 3.8) is 0 Å². The molecule has 0 saturated carbocycles. The number of carboxylic acids is 1. The Morgan fingerprint density at radius 1 is 0.655 bits per heavy atom. The number of aliphatic hydroxyl groups is 1. The number of ether oxygens (including phenoxy) is 2. The standard InChI is InChI=1S/C42H72NO11P/c1-3-5-7-9-11-12-13-14-15-16-20-24-28-32-40(45)51-34-38(35-52-55(49,50)53-36-39(43)42(47)48)54-41(46)33-29-25-21-18-17-19-23-27-31-37(44)30-26-22-10-8-6-4-2/h12-13,18-19,21-23,26-27,31,37-39,44H,3-11,14-17,20,24-25,28-30,32-36,43H2,1-2H3,(H,47,48)(H,49,50)/b13-12-,21-18-,23-19-,26-22-,31-27+/t37-,38+,39-/m0/s1. The van der Waals surface area contributed by atoms with Crippen LogP contribution in [-0.4, -0.2) is 71.1 Å². The summed E-state index contributed by atoms with van der Waals surface area (Å²) >= 11 is 0. The van der Waals surface area contributed by atoms with E-state index in [9.17, 15) is 28.9 Å². The first-order valence-corrected chi connectivity index (χ1v) is 21.9. The molecule has 1 unspecified atom stereocenters. The van der Waals surface area contributed by atoms with E-state index in [2.05, 4.69) is 36.6 Å². The molecule has 0 saturated heterocycles. The predicted molar refractivity (Wildman–Crippen MR) is 218 cm³/mol. The third-order valence-electron chi connectivity index (χ3n) is 8.32. The van der Waals surface area contributed by atoms with E-state index in [0.717, 1.165) is 44.9 Å². The summed E-state index contributed by atoms with van der Waals surface area (Å²) in [6, 6.07) is -1.54. The molecule has 0 aliphatic rings. The summed E-state index contributed by atoms with van der Waals surface area (Å²) in [7, 11) is -4.75. The van der Waals surface area contributed by atoms with Gasteiger partial charge in [-0.25, -0.2) is 4.57 Å². The second-order valence-corrected chi connectivity index (χ2v) is 15.1. The van der Waals surface area contributed by atoms with Gasteiger partial charge >= 0.3 is 25.7 Å². The third kappa shape index (κ3) is 36.5. The molecule has 0 bridgehead atoms. The quantitative estimate of drug-likeness (QED) is 0.0153. The monoisotopic (exact) mass is 797 g/mol. The fourth-order valence-electron chi connectivity index (χ4n) is 5.02. The average molecular weight is 798 g/mol. The van der Waals surface area contributed by atoms with Crippen LogP contribution in [0.15, 0.2) is 60.8 Å². The Morgan fingerprint density at radius 3 is 1.89 bits per heavy atom. The molecular weight excluding hydrogens is 725 g/mol. The van der Waals surface area contributed by atoms with E-state index in [1.54, 1.807) is 6.08 Å². The van der Waals surface area contributed by atoms with Crippen molar-refractivity contribution in [2.75, 3.05) is 19.8 Å². The van der Waals surface area contributed by atoms with Gasteiger partial charge in [-0.2, -0.15) is 0 Å². The lowest BCUT2D eigenvalue weighted by molar-refractivity contribution is -0.161. The lowest BCUT2D eigenvalue weighted by Crippen LogP contribution is -2.34. The average Bonchev–Trinajstić information content (AvgIpc) is 3.15. The predicted octanol–water partition coefficient (Wildman–Crippen LogP) is 9.36. The van der Waals surface area contributed by atoms with Gasteiger partial charge in [0.15, 0.2) is 6.10 Å². The summed E-state index contributed by atoms with van der Waals surface area (Å²) in [5.41, 5.74) is 5.31. The normalized spacial score (nSPS) is 15.0. The molecule has 0 aliphatic carbocycles. The molecule has 0 fully saturated rings. The summed E-state index contributed by atoms with van der Waals surface area (Å²) in [5.74, 6) is -2.52. The van der Waals surface area contributed by atoms with Crippen LogP contribution in [0.3, 0.4) is 0 Å². The maximum Gasteiger partial charge on any atom is 0.472 e. The number of rotatable bonds is 37. The van der Waals surface area contributed by atoms with Crippen LogP contribution >= 0.6 is 7.82 Å². The minimum Gasteiger partial charge on any atom is -0.480 e. The van der Waals surface area contributed by atoms with Gasteiger partial charge < -0.3 is 30.3 Å². The minimum atomic E-state index is -4.75. The van der Waals surface area contributed by atoms with Crippen molar-refractivity contribution in [2.45, 2.75) is 167 Å². The zero-order valence-electron chi connectivity index (χ0n) is 33.6. The van der Waals surface area contributed by atoms with E-state index in [0.29, 0.717) is 32.1 Å². The number of carboxylic acid groups (broad SMARTS) is 1. The number of carbonyl (C=O) groups excluding carboxylic acids is 2. The zero-order chi connectivity index (χ0) is 40.8. The van der Waals surface area contributed by atoms with Gasteiger partial charge in [-0.15, -0.1) is 0 Å². The lowest BCUT2D eigenvalue weighted by Gasteiger charge is -2.20. The van der Waals surface area contributed by atoms with E-state index in [1.807, 2.05) is 36.5 Å². The Hall–Kier alpha value is -2.86. The van der Waals surface area contributed by atoms with Crippen molar-refractivity contribution in [1.82, 2.24) is 0 Å². The van der Waals surface area contributed by atoms with E-state index < -0.39 is 63.8 Å². The van der Waals surface area contributed by atoms with Gasteiger partial charge in [0.1, 0.15) is 12.6 Å². The summed E-state index contributed by atoms with van der Waals surface area (Å²) in [6.07, 6.45) is 37.5. The molecule has 55 heavy (non-hydrogen) atoms. The summed E-state index contributed by atoms with van der Waals surface area (Å²) in [5, 5.41) is 18.9. The maximum atomic E-state index is 12.6. The van der Waals surface area contributed by atoms with Gasteiger partial charge in [-0.1, -0.05) is 126 Å². The zero-order valence-corrected chi connectivity index (χ0v) is 34.5. The molecule has 316 valence electrons. The summed E-state index contributed by atoms with van der Waals surface area (Å²) < 4.78 is 32.5. The molecule has 0 aliphatic heterocycles. The first-order valence-electron chi connectivity index (χ1n) is 20.4. The molecule has 13 heteroatoms. The van der Waals surface area contributed by atoms with Crippen LogP contribution in [0, 0.1) is 0 Å². The smallest absolute Gasteiger partial charge is 0.472 e. The highest BCUT2D eigenvalue weighted by Crippen LogP contribution is 2.43. The molecule has 0 aromatic carbocycles. The Bertz CT molecular complexity index is 1180. The Balaban J connectivity index is 4.60. The van der Waals surface area contributed by atoms with Gasteiger partial charge in [0.25, 0.3) is 0 Å². The molecule has 5 N–H and O–H groups in total. The van der Waals surface area contributed by atoms with Crippen molar-refractivity contribution < 1.29 is 52.6 Å². The van der Waals surface area contributed by atoms with Crippen molar-refractivity contribution in [1.29, 1.82) is 0 Å². The van der Waals surface area contributed by atoms with E-state index in [-0.39, 0.29) is 12.8 Å². The molecule has 0 rings (SSSR count). The van der Waals surface area contributed by atoms with Gasteiger partial charge in [0, 0.05) is 12.8 Å². The number of unbranched alkanes of at least 4 members (excludes halogenated alkanes) is 13. The highest BCUT2D eigenvalue weighted by atomic mass is 31.2. The van der Waals surface area contributed by atoms with Crippen LogP contribution in [0.1, 0.15) is 149 Å². The molecule has 4 atom stereocenters. The molecule has 0 radical (unpaired) electrons. The number of phosphoric acid groups is 1. The van der Waals surface area contributed by atoms with Crippen LogP contribution in [0.2, 0.25) is 0 Å². The lowest BCUT2D eigenvalue weighted by atomic mass is 10.1. The number of nitrogens with two attached hydrogens (primary N) is 1. The van der Waals surface area contributed by atoms with Crippen molar-refractivity contribution in [3.8, 4) is 0 Å². The number of aliphatic hydroxyl groups excluding tert-OH is 1. The van der Waals surface area contributed by atoms with Crippen LogP contribution in [0.4, 0.5) is 0 Å². The Labute approximate surface area is 330 Å². The number of hydrogen-bond donors (Lipinski definition) is 4. The van der Waals surface area contributed by atoms with Crippen LogP contribution in [0.25, 0.3) is 0 Å². The van der Waals surface area contributed by atoms with Crippen molar-refractivity contribution in [3.05, 3.63) is 60.8 Å². The molecule has 0 amide bonds. The Morgan fingerprint density at radius 2 is 1.20 bits per heavy atom. The highest BCUT2D eigenvalue weighted by molar-refractivity contribution is 7.47. The van der Waals surface area contributed by atoms with E-state index in [4.69, 9.17) is 24.8 Å². The molecule has 12 nitrogen and oxygen atoms in total. The summed E-state index contributed by atoms with van der Waals surface area (Å²) in [6.45, 7) is 2.59. The highest BCUT2D eigenvalue weighted by Gasteiger charge is 2.28. The van der Waals surface area contributed by atoms with Gasteiger partial charge in [-0.3, -0.25) is 23.4 Å². The number of aliphatic carboxylic acids is 1. The van der Waals surface area contributed by atoms with Crippen molar-refractivity contribution in [2.24, 2.45) is 5.73 Å². The minimum absolute atomic E-state index is 0.0494. The fraction of sp³-hybridized carbons (Fsp3) is 0.690. The molecular formula is C42H72NO11P. The number of hydrogen-bond acceptors (Lipinski definition) is 10. The second kappa shape index (κ2) is 36.8. The molecule has 0 aromatic rings. The second-order valence-electron chi connectivity index (χ2n) is 13.6. The SMILES string of the molecule is CCCCC/C=C\C[C@H](O)/C=C/C=C\C/C=C\CCCC(=O)O[C@H](COC(=O)CCCCCCC/C=C\CCCCCC)COP(=O)(O)OC[C@H](N)C(=O)O. The van der Waals surface area contributed by atoms with E-state index >= 15 is 0 Å². The molecule has 0 heterocycles. The Kier molecular flexibility index (Phi) is 34.8. The molecule has 0 spiro atoms. The topological polar surface area (TPSA) is 192 Å². The molecule has 0 aromatic heterocycles. The van der Waals surface area contributed by atoms with Crippen molar-refractivity contribution >= 4 is 25.7 Å². The number of esters is 2. The number of carbonyl (C=O) groups is 3. The maximum absolute atomic E-state index is 12.6. The van der Waals surface area contributed by atoms with Gasteiger partial charge in [0.05, 0.1) is 19.3 Å². The van der Waals surface area contributed by atoms with Gasteiger partial charge in [-0.05, 0) is 70.6 Å². The fourth-order valence-corrected chi connectivity index (χ4v) is 5.79. The van der Waals surface area contributed by atoms with Gasteiger partial charge in [0.2, 0.25) is 0 Å². The largest absolute Gasteiger partial charge is 0.480 e. The number of phosphoric ester groups is 1. The van der Waals surface area contributed by atoms with Crippen LogP contribution in [-0.2, 0) is 37.5 Å². The summed E-state index contributed by atoms with van der Waals surface area (Å²) in [4.78, 5) is 45.8. The van der Waals surface area contributed by atoms with Crippen LogP contribution < -0.4 is 5.73 Å². The first kappa shape index (κ1) is 52.1. The first-order chi connectivity index (χ1) is 26.5. The van der Waals surface area contributed by atoms with Crippen LogP contribution in [0.5, 0.6) is 0 Å². The third-order valence-corrected chi connectivity index (χ3v) is 9.27. The van der Waals surface area contributed by atoms with E-state index in [1.165, 1.54) is 44.9 Å².